The number of nitrogens with one attached hydrogen (secondary N) is 2. The number of carboxylic acids is 3. The number of aliphatic hydroxyl groups is 4. The van der Waals surface area contributed by atoms with Gasteiger partial charge < -0.3 is 84.7 Å². The van der Waals surface area contributed by atoms with Gasteiger partial charge in [0.05, 0.1) is 54.9 Å². The van der Waals surface area contributed by atoms with Crippen LogP contribution in [0.15, 0.2) is 10.2 Å². The van der Waals surface area contributed by atoms with E-state index in [0.717, 1.165) is 0 Å². The van der Waals surface area contributed by atoms with E-state index in [1.54, 1.807) is 41.5 Å². The minimum atomic E-state index is -2.23. The number of carbonyl (C=O) groups excluding carboxylic acids is 3. The number of aliphatic carboxylic acids is 3. The van der Waals surface area contributed by atoms with Crippen LogP contribution in [-0.2, 0) is 38.1 Å². The molecule has 13 atom stereocenters. The van der Waals surface area contributed by atoms with Crippen molar-refractivity contribution in [3.05, 3.63) is 0 Å². The van der Waals surface area contributed by atoms with Gasteiger partial charge in [0.25, 0.3) is 0 Å². The van der Waals surface area contributed by atoms with Crippen molar-refractivity contribution in [2.45, 2.75) is 115 Å². The van der Waals surface area contributed by atoms with Gasteiger partial charge in [-0.15, -0.1) is 0 Å². The Bertz CT molecular complexity index is 1120. The number of hydrogen-bond donors (Lipinski definition) is 6. The molecular formula is C28H45N4Na3O15. The maximum absolute atomic E-state index is 12.5. The van der Waals surface area contributed by atoms with Crippen LogP contribution in [0.25, 0.3) is 0 Å². The van der Waals surface area contributed by atoms with Crippen LogP contribution in [0.1, 0.15) is 41.5 Å². The molecule has 0 bridgehead atoms. The molecule has 270 valence electrons. The number of aliphatic hydroxyl groups excluding tert-OH is 4. The van der Waals surface area contributed by atoms with Crippen LogP contribution >= 0.6 is 0 Å². The van der Waals surface area contributed by atoms with Gasteiger partial charge in [0, 0.05) is 25.3 Å². The molecule has 0 saturated carbocycles. The van der Waals surface area contributed by atoms with E-state index in [2.05, 4.69) is 34.5 Å². The molecule has 0 spiro atoms. The van der Waals surface area contributed by atoms with E-state index in [4.69, 9.17) is 23.7 Å². The quantitative estimate of drug-likeness (QED) is 0.0485. The predicted molar refractivity (Wildman–Crippen MR) is 152 cm³/mol. The molecule has 2 aliphatic heterocycles. The molecule has 0 radical (unpaired) electrons. The number of hydrazone groups is 2. The van der Waals surface area contributed by atoms with Crippen molar-refractivity contribution < 1.29 is 162 Å². The van der Waals surface area contributed by atoms with Gasteiger partial charge in [0.1, 0.15) is 36.6 Å². The first-order valence-corrected chi connectivity index (χ1v) is 14.7. The molecule has 22 heteroatoms. The molecule has 2 heterocycles. The smallest absolute Gasteiger partial charge is 0.547 e. The second-order valence-electron chi connectivity index (χ2n) is 13.3. The first-order valence-electron chi connectivity index (χ1n) is 14.7. The molecule has 0 aromatic heterocycles. The summed E-state index contributed by atoms with van der Waals surface area (Å²) in [6.45, 7) is 14.9. The number of nitrogens with zero attached hydrogens (tertiary/aromatic N) is 2. The van der Waals surface area contributed by atoms with Crippen LogP contribution < -0.4 is 115 Å². The van der Waals surface area contributed by atoms with E-state index in [0.29, 0.717) is 0 Å². The van der Waals surface area contributed by atoms with Crippen LogP contribution in [0, 0.1) is 17.3 Å². The average Bonchev–Trinajstić information content (AvgIpc) is 2.94. The molecule has 0 amide bonds. The van der Waals surface area contributed by atoms with Crippen LogP contribution in [0.2, 0.25) is 0 Å². The minimum Gasteiger partial charge on any atom is -0.547 e. The molecule has 2 aliphatic rings. The summed E-state index contributed by atoms with van der Waals surface area (Å²) in [5.74, 6) is -8.51. The van der Waals surface area contributed by atoms with E-state index < -0.39 is 121 Å². The number of carboxylic acid groups (broad SMARTS) is 3. The summed E-state index contributed by atoms with van der Waals surface area (Å²) in [7, 11) is 0. The Hall–Kier alpha value is -0.0100. The number of ether oxygens (including phenoxy) is 5. The molecule has 0 aromatic carbocycles. The predicted octanol–water partition coefficient (Wildman–Crippen LogP) is -15.2. The summed E-state index contributed by atoms with van der Waals surface area (Å²) >= 11 is 0. The first kappa shape index (κ1) is 52.1. The molecule has 50 heavy (non-hydrogen) atoms. The van der Waals surface area contributed by atoms with Crippen molar-refractivity contribution in [1.82, 2.24) is 10.9 Å². The van der Waals surface area contributed by atoms with E-state index in [1.165, 1.54) is 0 Å². The zero-order chi connectivity index (χ0) is 36.0. The molecular weight excluding hydrogens is 701 g/mol. The topological polar surface area (TPSA) is 296 Å². The van der Waals surface area contributed by atoms with Crippen LogP contribution in [0.4, 0.5) is 0 Å². The Labute approximate surface area is 356 Å². The number of hydrogen-bond acceptors (Lipinski definition) is 19. The second kappa shape index (κ2) is 22.4. The summed E-state index contributed by atoms with van der Waals surface area (Å²) in [5, 5.41) is 87.2. The van der Waals surface area contributed by atoms with Gasteiger partial charge in [-0.2, -0.15) is 10.2 Å². The van der Waals surface area contributed by atoms with Gasteiger partial charge in [0.2, 0.25) is 0 Å². The molecule has 19 nitrogen and oxygen atoms in total. The summed E-state index contributed by atoms with van der Waals surface area (Å²) in [6, 6.07) is 0. The standard InChI is InChI=1S/C28H48N4O15.3Na/c1-27(2,3)14-16(34)18(36)25(46-21(14)24(41)42)44-12(10-32-30-8)19(22(37)38)43-11(9-31-29-7)13-15(33)17(35)26(47-28(4,5)6)45-20(13)23(39)40;;;/h11-21,25-26,31-36H,7-10H2,1-6H3,(H,37,38)(H,39,40)(H,41,42);;;/q;3*+1/p-3/t11?,12?,13-,14-,15-,16-,17?,18?,19?,20?,21?,25-,26+;;;/m1.../s1. The largest absolute Gasteiger partial charge is 1.00 e. The molecule has 0 aromatic rings. The third kappa shape index (κ3) is 14.0. The van der Waals surface area contributed by atoms with Crippen molar-refractivity contribution >= 4 is 31.3 Å². The Balaban J connectivity index is 0. The fraction of sp³-hybridized carbons (Fsp3) is 0.821. The van der Waals surface area contributed by atoms with Crippen molar-refractivity contribution in [3.8, 4) is 0 Å². The van der Waals surface area contributed by atoms with Crippen molar-refractivity contribution in [2.75, 3.05) is 13.1 Å². The van der Waals surface area contributed by atoms with Crippen molar-refractivity contribution in [3.63, 3.8) is 0 Å². The van der Waals surface area contributed by atoms with Gasteiger partial charge in [-0.3, -0.25) is 0 Å². The summed E-state index contributed by atoms with van der Waals surface area (Å²) in [5.41, 5.74) is 2.84. The molecule has 0 aliphatic carbocycles. The summed E-state index contributed by atoms with van der Waals surface area (Å²) < 4.78 is 27.9. The van der Waals surface area contributed by atoms with Gasteiger partial charge in [-0.1, -0.05) is 20.8 Å². The Morgan fingerprint density at radius 3 is 1.70 bits per heavy atom. The molecule has 2 saturated heterocycles. The van der Waals surface area contributed by atoms with E-state index in [-0.39, 0.29) is 88.7 Å². The first-order chi connectivity index (χ1) is 21.7. The third-order valence-electron chi connectivity index (χ3n) is 7.63. The van der Waals surface area contributed by atoms with Gasteiger partial charge >= 0.3 is 88.7 Å². The third-order valence-corrected chi connectivity index (χ3v) is 7.63. The Morgan fingerprint density at radius 2 is 1.26 bits per heavy atom. The normalized spacial score (nSPS) is 31.6. The number of rotatable bonds is 16. The SMILES string of the molecule is C=NNCC(O[C@@H]1OC(C(=O)[O-])[C@H](C(C)(C)C)[C@@H](O)C1O)C(OC(CNN=C)[C@H]1C(C(=O)[O-])O[C@@H](OC(C)(C)C)C(O)[C@@H]1O)C(=O)[O-].[Na+].[Na+].[Na+]. The fourth-order valence-electron chi connectivity index (χ4n) is 5.57. The monoisotopic (exact) mass is 746 g/mol. The zero-order valence-electron chi connectivity index (χ0n) is 30.0. The van der Waals surface area contributed by atoms with Crippen LogP contribution in [0.5, 0.6) is 0 Å². The molecule has 6 N–H and O–H groups in total. The molecule has 7 unspecified atom stereocenters. The Kier molecular flexibility index (Phi) is 23.3. The Morgan fingerprint density at radius 1 is 0.780 bits per heavy atom. The van der Waals surface area contributed by atoms with E-state index >= 15 is 0 Å². The number of carbonyl (C=O) groups is 3. The molecule has 2 fully saturated rings. The minimum absolute atomic E-state index is 0. The van der Waals surface area contributed by atoms with Gasteiger partial charge in [-0.05, 0) is 26.2 Å². The van der Waals surface area contributed by atoms with E-state index in [1.807, 2.05) is 0 Å². The van der Waals surface area contributed by atoms with Gasteiger partial charge in [0.15, 0.2) is 12.6 Å². The van der Waals surface area contributed by atoms with Gasteiger partial charge in [-0.25, -0.2) is 0 Å². The van der Waals surface area contributed by atoms with Crippen LogP contribution in [0.3, 0.4) is 0 Å². The van der Waals surface area contributed by atoms with Crippen LogP contribution in [-0.4, -0.2) is 138 Å². The maximum Gasteiger partial charge on any atom is 1.00 e. The van der Waals surface area contributed by atoms with Crippen molar-refractivity contribution in [1.29, 1.82) is 0 Å². The summed E-state index contributed by atoms with van der Waals surface area (Å²) in [4.78, 5) is 36.7. The summed E-state index contributed by atoms with van der Waals surface area (Å²) in [6.07, 6.45) is -20.7. The second-order valence-corrected chi connectivity index (χ2v) is 13.3. The molecule has 2 rings (SSSR count). The average molecular weight is 747 g/mol. The zero-order valence-corrected chi connectivity index (χ0v) is 36.0. The van der Waals surface area contributed by atoms with E-state index in [9.17, 15) is 50.1 Å². The maximum atomic E-state index is 12.5. The fourth-order valence-corrected chi connectivity index (χ4v) is 5.57. The van der Waals surface area contributed by atoms with Crippen molar-refractivity contribution in [2.24, 2.45) is 27.5 Å².